The third-order valence-electron chi connectivity index (χ3n) is 4.42. The molecule has 7 heteroatoms. The van der Waals surface area contributed by atoms with E-state index in [0.717, 1.165) is 17.1 Å². The van der Waals surface area contributed by atoms with Crippen LogP contribution in [0.2, 0.25) is 0 Å². The molecule has 25 heavy (non-hydrogen) atoms. The Kier molecular flexibility index (Phi) is 4.57. The van der Waals surface area contributed by atoms with Crippen LogP contribution in [0.15, 0.2) is 23.2 Å². The Morgan fingerprint density at radius 1 is 1.12 bits per heavy atom. The number of hydrogen-bond acceptors (Lipinski definition) is 4. The molecule has 0 aliphatic carbocycles. The van der Waals surface area contributed by atoms with E-state index in [1.165, 1.54) is 23.1 Å². The van der Waals surface area contributed by atoms with E-state index in [-0.39, 0.29) is 11.9 Å². The summed E-state index contributed by atoms with van der Waals surface area (Å²) in [6, 6.07) is 5.25. The Labute approximate surface area is 147 Å². The number of carbonyl (C=O) groups excluding carboxylic acids is 2. The van der Waals surface area contributed by atoms with Gasteiger partial charge >= 0.3 is 6.03 Å². The number of nitrogens with zero attached hydrogens (tertiary/aromatic N) is 4. The second-order valence-corrected chi connectivity index (χ2v) is 6.51. The Bertz CT molecular complexity index is 764. The minimum atomic E-state index is -0.520. The number of imide groups is 1. The van der Waals surface area contributed by atoms with E-state index in [0.29, 0.717) is 19.0 Å². The topological polar surface area (TPSA) is 65.2 Å². The van der Waals surface area contributed by atoms with Gasteiger partial charge in [0.1, 0.15) is 5.75 Å². The van der Waals surface area contributed by atoms with Gasteiger partial charge in [-0.15, -0.1) is 0 Å². The van der Waals surface area contributed by atoms with Crippen LogP contribution in [0.5, 0.6) is 5.75 Å². The maximum Gasteiger partial charge on any atom is 0.333 e. The molecule has 2 aliphatic heterocycles. The number of fused-ring (bicyclic) bond motifs is 1. The Morgan fingerprint density at radius 2 is 1.80 bits per heavy atom. The molecule has 0 saturated carbocycles. The first-order valence-corrected chi connectivity index (χ1v) is 8.31. The van der Waals surface area contributed by atoms with Gasteiger partial charge in [-0.3, -0.25) is 14.6 Å². The molecule has 0 spiro atoms. The van der Waals surface area contributed by atoms with Gasteiger partial charge in [0.25, 0.3) is 24.1 Å². The smallest absolute Gasteiger partial charge is 0.333 e. The molecular weight excluding hydrogens is 320 g/mol. The quantitative estimate of drug-likeness (QED) is 0.600. The molecule has 1 saturated heterocycles. The highest BCUT2D eigenvalue weighted by atomic mass is 16.5. The molecule has 0 radical (unpaired) electrons. The summed E-state index contributed by atoms with van der Waals surface area (Å²) in [5, 5.41) is 0. The molecule has 0 N–H and O–H groups in total. The monoisotopic (exact) mass is 343 g/mol. The standard InChI is InChI=1S/C18H23N4O3/c1-12-8-13(2)10-14(9-12)25-7-5-6-22-11-19-16-15(22)17(23)21(4)18(24)20(16)3/h8-11,15H,5-7H2,1-4H3/q+1. The van der Waals surface area contributed by atoms with Gasteiger partial charge in [0.05, 0.1) is 13.2 Å². The summed E-state index contributed by atoms with van der Waals surface area (Å²) in [6.07, 6.45) is 2.38. The van der Waals surface area contributed by atoms with E-state index in [2.05, 4.69) is 11.1 Å². The lowest BCUT2D eigenvalue weighted by Gasteiger charge is -2.30. The largest absolute Gasteiger partial charge is 0.493 e. The Hall–Kier alpha value is -2.70. The van der Waals surface area contributed by atoms with Crippen molar-refractivity contribution in [1.29, 1.82) is 0 Å². The van der Waals surface area contributed by atoms with Crippen LogP contribution in [-0.2, 0) is 4.79 Å². The van der Waals surface area contributed by atoms with E-state index in [4.69, 9.17) is 4.74 Å². The number of ether oxygens (including phenoxy) is 1. The van der Waals surface area contributed by atoms with E-state index in [9.17, 15) is 9.59 Å². The van der Waals surface area contributed by atoms with E-state index in [1.54, 1.807) is 13.4 Å². The zero-order chi connectivity index (χ0) is 18.1. The van der Waals surface area contributed by atoms with Crippen LogP contribution >= 0.6 is 0 Å². The van der Waals surface area contributed by atoms with Gasteiger partial charge in [-0.05, 0) is 42.1 Å². The number of hydrogen-bond donors (Lipinski definition) is 0. The van der Waals surface area contributed by atoms with Crippen LogP contribution in [0.1, 0.15) is 17.5 Å². The van der Waals surface area contributed by atoms with Gasteiger partial charge in [0, 0.05) is 20.5 Å². The van der Waals surface area contributed by atoms with Crippen molar-refractivity contribution in [3.05, 3.63) is 29.3 Å². The molecule has 3 rings (SSSR count). The number of benzene rings is 1. The summed E-state index contributed by atoms with van der Waals surface area (Å²) >= 11 is 0. The average Bonchev–Trinajstić information content (AvgIpc) is 2.98. The summed E-state index contributed by atoms with van der Waals surface area (Å²) in [7, 11) is 3.13. The van der Waals surface area contributed by atoms with Crippen LogP contribution in [0.25, 0.3) is 0 Å². The van der Waals surface area contributed by atoms with E-state index in [1.807, 2.05) is 30.6 Å². The van der Waals surface area contributed by atoms with E-state index >= 15 is 0 Å². The summed E-state index contributed by atoms with van der Waals surface area (Å²) in [5.74, 6) is 1.10. The first-order chi connectivity index (χ1) is 11.9. The predicted octanol–water partition coefficient (Wildman–Crippen LogP) is 1.42. The minimum absolute atomic E-state index is 0.245. The van der Waals surface area contributed by atoms with Crippen LogP contribution in [0.3, 0.4) is 0 Å². The number of aliphatic imine (C=N–C) groups is 1. The highest BCUT2D eigenvalue weighted by Crippen LogP contribution is 2.18. The molecule has 0 bridgehead atoms. The molecule has 1 aromatic rings. The molecule has 7 nitrogen and oxygen atoms in total. The van der Waals surface area contributed by atoms with Crippen molar-refractivity contribution < 1.29 is 18.9 Å². The predicted molar refractivity (Wildman–Crippen MR) is 94.4 cm³/mol. The lowest BCUT2D eigenvalue weighted by Crippen LogP contribution is -2.61. The third kappa shape index (κ3) is 3.26. The molecule has 1 aromatic carbocycles. The minimum Gasteiger partial charge on any atom is -0.493 e. The first-order valence-electron chi connectivity index (χ1n) is 8.31. The lowest BCUT2D eigenvalue weighted by atomic mass is 10.1. The van der Waals surface area contributed by atoms with Crippen molar-refractivity contribution in [2.75, 3.05) is 27.2 Å². The van der Waals surface area contributed by atoms with Crippen molar-refractivity contribution in [2.24, 2.45) is 4.99 Å². The fraction of sp³-hybridized carbons (Fsp3) is 0.444. The highest BCUT2D eigenvalue weighted by Gasteiger charge is 2.50. The van der Waals surface area contributed by atoms with Crippen molar-refractivity contribution in [3.63, 3.8) is 0 Å². The van der Waals surface area contributed by atoms with E-state index < -0.39 is 6.04 Å². The maximum absolute atomic E-state index is 12.4. The molecule has 1 atom stereocenters. The number of amides is 3. The highest BCUT2D eigenvalue weighted by molar-refractivity contribution is 6.21. The second-order valence-electron chi connectivity index (χ2n) is 6.51. The maximum atomic E-state index is 12.4. The molecule has 0 aromatic heterocycles. The number of amidine groups is 1. The summed E-state index contributed by atoms with van der Waals surface area (Å²) < 4.78 is 7.67. The van der Waals surface area contributed by atoms with Gasteiger partial charge in [-0.2, -0.15) is 0 Å². The molecule has 1 fully saturated rings. The number of urea groups is 1. The summed E-state index contributed by atoms with van der Waals surface area (Å²) in [6.45, 7) is 5.26. The normalized spacial score (nSPS) is 19.8. The molecular formula is C18H23N4O3+. The SMILES string of the molecule is Cc1cc(C)cc(OCCC[N+]2=CN=C3C2C(=O)N(C)C(=O)N3C)c1. The van der Waals surface area contributed by atoms with Gasteiger partial charge in [-0.25, -0.2) is 9.37 Å². The number of carbonyl (C=O) groups is 2. The fourth-order valence-corrected chi connectivity index (χ4v) is 3.18. The Morgan fingerprint density at radius 3 is 2.48 bits per heavy atom. The second kappa shape index (κ2) is 6.66. The van der Waals surface area contributed by atoms with Crippen molar-refractivity contribution >= 4 is 24.1 Å². The fourth-order valence-electron chi connectivity index (χ4n) is 3.18. The van der Waals surface area contributed by atoms with Crippen LogP contribution < -0.4 is 4.74 Å². The van der Waals surface area contributed by atoms with Gasteiger partial charge in [0.2, 0.25) is 0 Å². The summed E-state index contributed by atoms with van der Waals surface area (Å²) in [4.78, 5) is 31.2. The number of aryl methyl sites for hydroxylation is 2. The van der Waals surface area contributed by atoms with Crippen LogP contribution in [0.4, 0.5) is 4.79 Å². The average molecular weight is 343 g/mol. The van der Waals surface area contributed by atoms with Gasteiger partial charge in [0.15, 0.2) is 0 Å². The summed E-state index contributed by atoms with van der Waals surface area (Å²) in [5.41, 5.74) is 2.34. The van der Waals surface area contributed by atoms with Crippen LogP contribution in [0, 0.1) is 13.8 Å². The first kappa shape index (κ1) is 17.1. The molecule has 3 amide bonds. The zero-order valence-corrected chi connectivity index (χ0v) is 15.0. The molecule has 1 unspecified atom stereocenters. The van der Waals surface area contributed by atoms with Gasteiger partial charge < -0.3 is 4.74 Å². The van der Waals surface area contributed by atoms with Crippen molar-refractivity contribution in [2.45, 2.75) is 26.3 Å². The van der Waals surface area contributed by atoms with Crippen molar-refractivity contribution in [1.82, 2.24) is 9.80 Å². The lowest BCUT2D eigenvalue weighted by molar-refractivity contribution is -0.531. The number of likely N-dealkylation sites (N-methyl/N-ethyl adjacent to an activating group) is 2. The molecule has 2 aliphatic rings. The van der Waals surface area contributed by atoms with Crippen molar-refractivity contribution in [3.8, 4) is 5.75 Å². The third-order valence-corrected chi connectivity index (χ3v) is 4.42. The zero-order valence-electron chi connectivity index (χ0n) is 15.0. The van der Waals surface area contributed by atoms with Gasteiger partial charge in [-0.1, -0.05) is 6.07 Å². The molecule has 2 heterocycles. The molecule has 132 valence electrons. The number of rotatable bonds is 5. The Balaban J connectivity index is 1.56. The van der Waals surface area contributed by atoms with Crippen LogP contribution in [-0.4, -0.2) is 71.8 Å².